The Balaban J connectivity index is 1.41. The van der Waals surface area contributed by atoms with Crippen molar-refractivity contribution < 1.29 is 55.2 Å². The number of carbonyl (C=O) groups excluding carboxylic acids is 1. The van der Waals surface area contributed by atoms with Crippen LogP contribution in [-0.4, -0.2) is 72.0 Å². The second-order valence-corrected chi connectivity index (χ2v) is 12.6. The standard InChI is InChI=1S/C40H37NO11/c1-2-41-19-29(22-10-13-31(43)32(44)16-22)39(40(50)51)52-35(47)14-11-21-17-33(45)37(48)25-12-9-20(15-27(21)25)28-18-34(46)38(49)26-7-3-5-23-24(36(26)28)6-4-8-30(23)42/h4,6,8-18,29,39,41-46,48-49H,2-3,5,7,19H2,1H3,(H,50,51)/t29-,39+/m0/s1. The fourth-order valence-electron chi connectivity index (χ4n) is 6.83. The Labute approximate surface area is 297 Å². The Hall–Kier alpha value is -6.40. The lowest BCUT2D eigenvalue weighted by atomic mass is 9.86. The third kappa shape index (κ3) is 6.71. The molecule has 0 fully saturated rings. The minimum absolute atomic E-state index is 0.0640. The van der Waals surface area contributed by atoms with E-state index >= 15 is 0 Å². The topological polar surface area (TPSA) is 217 Å². The number of ether oxygens (including phenoxy) is 1. The van der Waals surface area contributed by atoms with E-state index in [1.165, 1.54) is 36.4 Å². The molecule has 268 valence electrons. The molecule has 0 amide bonds. The van der Waals surface area contributed by atoms with E-state index in [2.05, 4.69) is 5.32 Å². The van der Waals surface area contributed by atoms with Crippen LogP contribution in [0.4, 0.5) is 0 Å². The molecule has 12 nitrogen and oxygen atoms in total. The Morgan fingerprint density at radius 1 is 0.769 bits per heavy atom. The summed E-state index contributed by atoms with van der Waals surface area (Å²) < 4.78 is 5.42. The second kappa shape index (κ2) is 14.4. The van der Waals surface area contributed by atoms with Crippen LogP contribution in [0.2, 0.25) is 0 Å². The van der Waals surface area contributed by atoms with Gasteiger partial charge in [-0.25, -0.2) is 9.59 Å². The van der Waals surface area contributed by atoms with E-state index in [4.69, 9.17) is 4.74 Å². The average Bonchev–Trinajstić information content (AvgIpc) is 3.32. The SMILES string of the molecule is CCNC[C@@H](c1ccc(O)c(O)c1)[C@@H](OC(=O)C=Cc1cc(O)c(O)c2ccc(-c3cc(O)c(O)c4c3-c3cccc(O)c3CCC4)cc12)C(=O)O. The molecule has 0 spiro atoms. The van der Waals surface area contributed by atoms with Gasteiger partial charge in [0.15, 0.2) is 34.5 Å². The van der Waals surface area contributed by atoms with Crippen LogP contribution in [-0.2, 0) is 27.2 Å². The van der Waals surface area contributed by atoms with E-state index in [0.29, 0.717) is 70.1 Å². The number of carboxylic acids is 1. The molecular formula is C40H37NO11. The molecule has 9 N–H and O–H groups in total. The molecule has 0 aromatic heterocycles. The van der Waals surface area contributed by atoms with E-state index in [9.17, 15) is 50.4 Å². The third-order valence-electron chi connectivity index (χ3n) is 9.38. The molecule has 5 aromatic carbocycles. The summed E-state index contributed by atoms with van der Waals surface area (Å²) >= 11 is 0. The highest BCUT2D eigenvalue weighted by Crippen LogP contribution is 2.49. The molecule has 52 heavy (non-hydrogen) atoms. The van der Waals surface area contributed by atoms with Crippen molar-refractivity contribution in [3.63, 3.8) is 0 Å². The van der Waals surface area contributed by atoms with Crippen molar-refractivity contribution in [1.29, 1.82) is 0 Å². The summed E-state index contributed by atoms with van der Waals surface area (Å²) in [6, 6.07) is 16.5. The predicted molar refractivity (Wildman–Crippen MR) is 193 cm³/mol. The number of rotatable bonds is 10. The second-order valence-electron chi connectivity index (χ2n) is 12.6. The van der Waals surface area contributed by atoms with Gasteiger partial charge in [-0.3, -0.25) is 0 Å². The molecule has 12 heteroatoms. The fourth-order valence-corrected chi connectivity index (χ4v) is 6.83. The molecular weight excluding hydrogens is 670 g/mol. The summed E-state index contributed by atoms with van der Waals surface area (Å²) in [5.41, 5.74) is 4.17. The van der Waals surface area contributed by atoms with E-state index < -0.39 is 47.0 Å². The summed E-state index contributed by atoms with van der Waals surface area (Å²) in [4.78, 5) is 25.6. The molecule has 0 saturated carbocycles. The molecule has 0 radical (unpaired) electrons. The molecule has 5 aromatic rings. The van der Waals surface area contributed by atoms with Gasteiger partial charge in [0, 0.05) is 35.1 Å². The predicted octanol–water partition coefficient (Wildman–Crippen LogP) is 6.00. The maximum atomic E-state index is 13.2. The maximum Gasteiger partial charge on any atom is 0.345 e. The lowest BCUT2D eigenvalue weighted by Gasteiger charge is -2.24. The normalized spacial score (nSPS) is 13.6. The zero-order chi connectivity index (χ0) is 37.3. The van der Waals surface area contributed by atoms with Gasteiger partial charge in [0.05, 0.1) is 0 Å². The van der Waals surface area contributed by atoms with Crippen LogP contribution < -0.4 is 5.32 Å². The number of carbonyl (C=O) groups is 2. The van der Waals surface area contributed by atoms with Crippen molar-refractivity contribution in [2.75, 3.05) is 13.1 Å². The van der Waals surface area contributed by atoms with Gasteiger partial charge >= 0.3 is 11.9 Å². The number of aromatic hydroxyl groups is 7. The van der Waals surface area contributed by atoms with Gasteiger partial charge in [-0.05, 0) is 113 Å². The monoisotopic (exact) mass is 707 g/mol. The number of likely N-dealkylation sites (N-methyl/N-ethyl adjacent to an activating group) is 1. The highest BCUT2D eigenvalue weighted by Gasteiger charge is 2.33. The molecule has 2 atom stereocenters. The zero-order valence-electron chi connectivity index (χ0n) is 28.0. The molecule has 0 bridgehead atoms. The number of aliphatic carboxylic acids is 1. The number of fused-ring (bicyclic) bond motifs is 4. The van der Waals surface area contributed by atoms with Crippen LogP contribution in [0.3, 0.4) is 0 Å². The van der Waals surface area contributed by atoms with Crippen molar-refractivity contribution >= 4 is 28.8 Å². The first-order valence-electron chi connectivity index (χ1n) is 16.6. The number of phenolic OH excluding ortho intramolecular Hbond substituents is 7. The first-order chi connectivity index (χ1) is 24.9. The maximum absolute atomic E-state index is 13.2. The van der Waals surface area contributed by atoms with Crippen molar-refractivity contribution in [3.05, 3.63) is 95.1 Å². The van der Waals surface area contributed by atoms with Crippen LogP contribution in [0.5, 0.6) is 40.2 Å². The number of esters is 1. The lowest BCUT2D eigenvalue weighted by molar-refractivity contribution is -0.162. The minimum Gasteiger partial charge on any atom is -0.508 e. The minimum atomic E-state index is -1.70. The third-order valence-corrected chi connectivity index (χ3v) is 9.38. The first kappa shape index (κ1) is 35.4. The molecule has 0 saturated heterocycles. The largest absolute Gasteiger partial charge is 0.508 e. The summed E-state index contributed by atoms with van der Waals surface area (Å²) in [5, 5.41) is 87.3. The number of carboxylic acid groups (broad SMARTS) is 1. The molecule has 0 heterocycles. The lowest BCUT2D eigenvalue weighted by Crippen LogP contribution is -2.38. The number of hydrogen-bond acceptors (Lipinski definition) is 11. The van der Waals surface area contributed by atoms with Crippen LogP contribution in [0, 0.1) is 0 Å². The Kier molecular flexibility index (Phi) is 9.84. The van der Waals surface area contributed by atoms with Crippen molar-refractivity contribution in [2.45, 2.75) is 38.2 Å². The molecule has 0 unspecified atom stereocenters. The van der Waals surface area contributed by atoms with Crippen molar-refractivity contribution in [1.82, 2.24) is 5.32 Å². The number of benzene rings is 5. The van der Waals surface area contributed by atoms with Gasteiger partial charge in [0.1, 0.15) is 5.75 Å². The van der Waals surface area contributed by atoms with Crippen LogP contribution in [0.25, 0.3) is 39.1 Å². The van der Waals surface area contributed by atoms with E-state index in [1.54, 1.807) is 30.3 Å². The highest BCUT2D eigenvalue weighted by molar-refractivity contribution is 6.02. The average molecular weight is 708 g/mol. The molecule has 6 rings (SSSR count). The van der Waals surface area contributed by atoms with Gasteiger partial charge in [-0.2, -0.15) is 0 Å². The van der Waals surface area contributed by atoms with E-state index in [0.717, 1.165) is 6.08 Å². The number of nitrogens with one attached hydrogen (secondary N) is 1. The van der Waals surface area contributed by atoms with Gasteiger partial charge in [0.25, 0.3) is 0 Å². The molecule has 1 aliphatic rings. The summed E-state index contributed by atoms with van der Waals surface area (Å²) in [6.07, 6.45) is 2.18. The smallest absolute Gasteiger partial charge is 0.345 e. The number of hydrogen-bond donors (Lipinski definition) is 9. The molecule has 0 aliphatic heterocycles. The van der Waals surface area contributed by atoms with Gasteiger partial charge in [-0.1, -0.05) is 31.2 Å². The highest BCUT2D eigenvalue weighted by atomic mass is 16.6. The first-order valence-corrected chi connectivity index (χ1v) is 16.6. The van der Waals surface area contributed by atoms with Gasteiger partial charge in [-0.15, -0.1) is 0 Å². The Morgan fingerprint density at radius 2 is 1.52 bits per heavy atom. The van der Waals surface area contributed by atoms with Crippen LogP contribution in [0.15, 0.2) is 72.8 Å². The van der Waals surface area contributed by atoms with Crippen LogP contribution in [0.1, 0.15) is 41.5 Å². The summed E-state index contributed by atoms with van der Waals surface area (Å²) in [5.74, 6) is -5.66. The summed E-state index contributed by atoms with van der Waals surface area (Å²) in [7, 11) is 0. The van der Waals surface area contributed by atoms with Gasteiger partial charge < -0.3 is 50.9 Å². The van der Waals surface area contributed by atoms with Crippen molar-refractivity contribution in [3.8, 4) is 62.5 Å². The quantitative estimate of drug-likeness (QED) is 0.0464. The fraction of sp³-hybridized carbons (Fsp3) is 0.200. The van der Waals surface area contributed by atoms with E-state index in [1.807, 2.05) is 13.0 Å². The van der Waals surface area contributed by atoms with Gasteiger partial charge in [0.2, 0.25) is 6.10 Å². The van der Waals surface area contributed by atoms with Crippen molar-refractivity contribution in [2.24, 2.45) is 0 Å². The zero-order valence-corrected chi connectivity index (χ0v) is 28.0. The van der Waals surface area contributed by atoms with E-state index in [-0.39, 0.29) is 34.7 Å². The summed E-state index contributed by atoms with van der Waals surface area (Å²) in [6.45, 7) is 2.35. The molecule has 1 aliphatic carbocycles. The Bertz CT molecular complexity index is 2240. The number of phenols is 7. The Morgan fingerprint density at radius 3 is 2.25 bits per heavy atom. The van der Waals surface area contributed by atoms with Crippen LogP contribution >= 0.6 is 0 Å².